The van der Waals surface area contributed by atoms with E-state index in [0.717, 1.165) is 10.9 Å². The first kappa shape index (κ1) is 13.5. The number of aliphatic hydroxyl groups is 1. The Kier molecular flexibility index (Phi) is 3.06. The molecule has 4 nitrogen and oxygen atoms in total. The Hall–Kier alpha value is -1.46. The van der Waals surface area contributed by atoms with Gasteiger partial charge in [-0.15, -0.1) is 0 Å². The summed E-state index contributed by atoms with van der Waals surface area (Å²) in [6, 6.07) is 9.19. The van der Waals surface area contributed by atoms with Gasteiger partial charge in [-0.3, -0.25) is 4.98 Å². The van der Waals surface area contributed by atoms with Gasteiger partial charge in [-0.05, 0) is 37.0 Å². The van der Waals surface area contributed by atoms with Crippen molar-refractivity contribution in [2.24, 2.45) is 0 Å². The highest BCUT2D eigenvalue weighted by Crippen LogP contribution is 2.44. The van der Waals surface area contributed by atoms with E-state index >= 15 is 0 Å². The van der Waals surface area contributed by atoms with Crippen LogP contribution in [0.15, 0.2) is 36.5 Å². The molecule has 106 valence electrons. The molecule has 1 heterocycles. The Morgan fingerprint density at radius 3 is 2.85 bits per heavy atom. The zero-order valence-corrected chi connectivity index (χ0v) is 12.1. The van der Waals surface area contributed by atoms with Crippen molar-refractivity contribution in [1.29, 1.82) is 0 Å². The molecular formula is C15H17NO3S. The Labute approximate surface area is 118 Å². The van der Waals surface area contributed by atoms with E-state index in [4.69, 9.17) is 0 Å². The fourth-order valence-corrected chi connectivity index (χ4v) is 4.86. The molecule has 3 rings (SSSR count). The number of aromatic nitrogens is 1. The van der Waals surface area contributed by atoms with Crippen molar-refractivity contribution in [3.8, 4) is 0 Å². The third-order valence-electron chi connectivity index (χ3n) is 4.19. The first-order valence-corrected chi connectivity index (χ1v) is 8.64. The highest BCUT2D eigenvalue weighted by molar-refractivity contribution is 7.91. The quantitative estimate of drug-likeness (QED) is 0.919. The summed E-state index contributed by atoms with van der Waals surface area (Å²) in [6.07, 6.45) is 4.59. The fraction of sp³-hybridized carbons (Fsp3) is 0.400. The van der Waals surface area contributed by atoms with Crippen LogP contribution in [0.3, 0.4) is 0 Å². The van der Waals surface area contributed by atoms with Gasteiger partial charge in [0.15, 0.2) is 9.84 Å². The minimum Gasteiger partial charge on any atom is -0.384 e. The van der Waals surface area contributed by atoms with Crippen LogP contribution in [0.5, 0.6) is 0 Å². The normalized spacial score (nSPS) is 27.0. The van der Waals surface area contributed by atoms with E-state index in [0.29, 0.717) is 24.8 Å². The van der Waals surface area contributed by atoms with Crippen LogP contribution in [0.2, 0.25) is 0 Å². The second-order valence-electron chi connectivity index (χ2n) is 5.51. The standard InChI is InChI=1S/C15H17NO3S/c1-20(18,19)14-8-3-9-15(14,17)12-6-2-7-13-11(12)5-4-10-16-13/h2,4-7,10,14,17H,3,8-9H2,1H3. The average Bonchev–Trinajstić information content (AvgIpc) is 2.81. The molecule has 20 heavy (non-hydrogen) atoms. The summed E-state index contributed by atoms with van der Waals surface area (Å²) in [4.78, 5) is 4.27. The predicted octanol–water partition coefficient (Wildman–Crippen LogP) is 2.02. The molecule has 1 aliphatic carbocycles. The Balaban J connectivity index is 2.24. The molecule has 1 aromatic carbocycles. The van der Waals surface area contributed by atoms with Gasteiger partial charge in [-0.2, -0.15) is 0 Å². The van der Waals surface area contributed by atoms with Crippen LogP contribution in [0.25, 0.3) is 10.9 Å². The van der Waals surface area contributed by atoms with Gasteiger partial charge >= 0.3 is 0 Å². The number of nitrogens with zero attached hydrogens (tertiary/aromatic N) is 1. The third-order valence-corrected chi connectivity index (χ3v) is 5.85. The van der Waals surface area contributed by atoms with E-state index in [-0.39, 0.29) is 0 Å². The van der Waals surface area contributed by atoms with Crippen LogP contribution >= 0.6 is 0 Å². The van der Waals surface area contributed by atoms with Gasteiger partial charge in [-0.25, -0.2) is 8.42 Å². The van der Waals surface area contributed by atoms with Gasteiger partial charge in [0.1, 0.15) is 5.60 Å². The lowest BCUT2D eigenvalue weighted by molar-refractivity contribution is 0.0492. The Morgan fingerprint density at radius 2 is 2.10 bits per heavy atom. The maximum Gasteiger partial charge on any atom is 0.153 e. The smallest absolute Gasteiger partial charge is 0.153 e. The highest BCUT2D eigenvalue weighted by Gasteiger charge is 2.48. The van der Waals surface area contributed by atoms with Crippen LogP contribution in [-0.2, 0) is 15.4 Å². The molecule has 1 aliphatic rings. The molecule has 2 aromatic rings. The molecule has 2 unspecified atom stereocenters. The molecule has 0 radical (unpaired) electrons. The molecule has 0 amide bonds. The fourth-order valence-electron chi connectivity index (χ4n) is 3.31. The lowest BCUT2D eigenvalue weighted by atomic mass is 9.89. The molecule has 0 aliphatic heterocycles. The lowest BCUT2D eigenvalue weighted by Gasteiger charge is -2.30. The molecule has 1 fully saturated rings. The Morgan fingerprint density at radius 1 is 1.30 bits per heavy atom. The van der Waals surface area contributed by atoms with Gasteiger partial charge in [0.25, 0.3) is 0 Å². The van der Waals surface area contributed by atoms with Gasteiger partial charge in [0, 0.05) is 17.8 Å². The number of rotatable bonds is 2. The van der Waals surface area contributed by atoms with Crippen molar-refractivity contribution in [2.45, 2.75) is 30.1 Å². The third kappa shape index (κ3) is 2.01. The second kappa shape index (κ2) is 4.53. The summed E-state index contributed by atoms with van der Waals surface area (Å²) in [5.74, 6) is 0. The number of benzene rings is 1. The summed E-state index contributed by atoms with van der Waals surface area (Å²) < 4.78 is 24.0. The number of hydrogen-bond acceptors (Lipinski definition) is 4. The van der Waals surface area contributed by atoms with Crippen LogP contribution in [0, 0.1) is 0 Å². The summed E-state index contributed by atoms with van der Waals surface area (Å²) in [7, 11) is -3.30. The maximum atomic E-state index is 12.0. The summed E-state index contributed by atoms with van der Waals surface area (Å²) in [6.45, 7) is 0. The number of fused-ring (bicyclic) bond motifs is 1. The van der Waals surface area contributed by atoms with Gasteiger partial charge in [-0.1, -0.05) is 18.2 Å². The van der Waals surface area contributed by atoms with Crippen molar-refractivity contribution < 1.29 is 13.5 Å². The monoisotopic (exact) mass is 291 g/mol. The largest absolute Gasteiger partial charge is 0.384 e. The first-order chi connectivity index (χ1) is 9.43. The van der Waals surface area contributed by atoms with Crippen LogP contribution in [0.4, 0.5) is 0 Å². The van der Waals surface area contributed by atoms with Gasteiger partial charge < -0.3 is 5.11 Å². The van der Waals surface area contributed by atoms with Gasteiger partial charge in [0.2, 0.25) is 0 Å². The number of pyridine rings is 1. The SMILES string of the molecule is CS(=O)(=O)C1CCCC1(O)c1cccc2ncccc12. The molecule has 1 aromatic heterocycles. The maximum absolute atomic E-state index is 12.0. The van der Waals surface area contributed by atoms with E-state index in [1.54, 1.807) is 12.3 Å². The predicted molar refractivity (Wildman–Crippen MR) is 78.1 cm³/mol. The minimum atomic E-state index is -3.30. The van der Waals surface area contributed by atoms with Crippen molar-refractivity contribution in [3.05, 3.63) is 42.1 Å². The molecular weight excluding hydrogens is 274 g/mol. The summed E-state index contributed by atoms with van der Waals surface area (Å²) in [5, 5.41) is 11.1. The number of sulfone groups is 1. The second-order valence-corrected chi connectivity index (χ2v) is 7.74. The van der Waals surface area contributed by atoms with Gasteiger partial charge in [0.05, 0.1) is 10.8 Å². The molecule has 2 atom stereocenters. The molecule has 1 N–H and O–H groups in total. The zero-order chi connectivity index (χ0) is 14.4. The first-order valence-electron chi connectivity index (χ1n) is 6.68. The molecule has 0 bridgehead atoms. The van der Waals surface area contributed by atoms with Crippen molar-refractivity contribution in [1.82, 2.24) is 4.98 Å². The van der Waals surface area contributed by atoms with E-state index in [9.17, 15) is 13.5 Å². The number of hydrogen-bond donors (Lipinski definition) is 1. The van der Waals surface area contributed by atoms with E-state index in [1.165, 1.54) is 6.26 Å². The van der Waals surface area contributed by atoms with Crippen LogP contribution in [0.1, 0.15) is 24.8 Å². The Bertz CT molecular complexity index is 751. The summed E-state index contributed by atoms with van der Waals surface area (Å²) >= 11 is 0. The lowest BCUT2D eigenvalue weighted by Crippen LogP contribution is -2.39. The van der Waals surface area contributed by atoms with Crippen molar-refractivity contribution >= 4 is 20.7 Å². The molecule has 5 heteroatoms. The van der Waals surface area contributed by atoms with Crippen LogP contribution < -0.4 is 0 Å². The van der Waals surface area contributed by atoms with Crippen molar-refractivity contribution in [2.75, 3.05) is 6.26 Å². The van der Waals surface area contributed by atoms with E-state index in [2.05, 4.69) is 4.98 Å². The minimum absolute atomic E-state index is 0.471. The van der Waals surface area contributed by atoms with Crippen LogP contribution in [-0.4, -0.2) is 30.0 Å². The summed E-state index contributed by atoms with van der Waals surface area (Å²) in [5.41, 5.74) is 0.143. The highest BCUT2D eigenvalue weighted by atomic mass is 32.2. The molecule has 0 saturated heterocycles. The van der Waals surface area contributed by atoms with E-state index in [1.807, 2.05) is 24.3 Å². The molecule has 0 spiro atoms. The van der Waals surface area contributed by atoms with E-state index < -0.39 is 20.7 Å². The van der Waals surface area contributed by atoms with Crippen molar-refractivity contribution in [3.63, 3.8) is 0 Å². The zero-order valence-electron chi connectivity index (χ0n) is 11.3. The molecule has 1 saturated carbocycles. The average molecular weight is 291 g/mol. The topological polar surface area (TPSA) is 67.3 Å².